The van der Waals surface area contributed by atoms with E-state index in [4.69, 9.17) is 0 Å². The maximum absolute atomic E-state index is 12.2. The van der Waals surface area contributed by atoms with E-state index >= 15 is 0 Å². The van der Waals surface area contributed by atoms with Crippen molar-refractivity contribution in [2.75, 3.05) is 5.32 Å². The number of carbonyl (C=O) groups is 2. The Balaban J connectivity index is 1.98. The minimum atomic E-state index is -0.647. The number of piperidine rings is 1. The third kappa shape index (κ3) is 5.04. The standard InChI is InChI=1S/C17H24BrN3O2/c1-16(2)9-11(10-17(3,4)21-16)19-14(22)15(23)20-13-8-6-5-7-12(13)18/h5-8,11,21H,9-10H2,1-4H3,(H,19,22)(H,20,23). The molecule has 0 unspecified atom stereocenters. The second-order valence-corrected chi connectivity index (χ2v) is 8.26. The monoisotopic (exact) mass is 381 g/mol. The molecule has 2 amide bonds. The van der Waals surface area contributed by atoms with Crippen LogP contribution in [0.3, 0.4) is 0 Å². The molecule has 0 radical (unpaired) electrons. The lowest BCUT2D eigenvalue weighted by molar-refractivity contribution is -0.137. The molecule has 1 fully saturated rings. The van der Waals surface area contributed by atoms with Crippen LogP contribution < -0.4 is 16.0 Å². The van der Waals surface area contributed by atoms with Gasteiger partial charge in [0.2, 0.25) is 0 Å². The molecule has 3 N–H and O–H groups in total. The Morgan fingerprint density at radius 1 is 1.09 bits per heavy atom. The molecule has 0 spiro atoms. The number of para-hydroxylation sites is 1. The van der Waals surface area contributed by atoms with Crippen LogP contribution >= 0.6 is 15.9 Å². The largest absolute Gasteiger partial charge is 0.345 e. The Morgan fingerprint density at radius 2 is 1.65 bits per heavy atom. The lowest BCUT2D eigenvalue weighted by Crippen LogP contribution is -2.62. The number of rotatable bonds is 2. The fourth-order valence-electron chi connectivity index (χ4n) is 3.42. The van der Waals surface area contributed by atoms with E-state index < -0.39 is 11.8 Å². The number of carbonyl (C=O) groups excluding carboxylic acids is 2. The average molecular weight is 382 g/mol. The Morgan fingerprint density at radius 3 is 2.22 bits per heavy atom. The fraction of sp³-hybridized carbons (Fsp3) is 0.529. The van der Waals surface area contributed by atoms with Gasteiger partial charge in [-0.3, -0.25) is 9.59 Å². The zero-order valence-corrected chi connectivity index (χ0v) is 15.6. The van der Waals surface area contributed by atoms with Gasteiger partial charge in [-0.2, -0.15) is 0 Å². The van der Waals surface area contributed by atoms with E-state index in [1.165, 1.54) is 0 Å². The highest BCUT2D eigenvalue weighted by molar-refractivity contribution is 9.10. The molecule has 0 bridgehead atoms. The van der Waals surface area contributed by atoms with E-state index in [1.54, 1.807) is 12.1 Å². The molecule has 1 aliphatic heterocycles. The van der Waals surface area contributed by atoms with E-state index in [9.17, 15) is 9.59 Å². The van der Waals surface area contributed by atoms with Crippen LogP contribution in [-0.4, -0.2) is 28.9 Å². The van der Waals surface area contributed by atoms with E-state index in [0.29, 0.717) is 5.69 Å². The van der Waals surface area contributed by atoms with Crippen molar-refractivity contribution in [3.8, 4) is 0 Å². The summed E-state index contributed by atoms with van der Waals surface area (Å²) in [5.74, 6) is -1.25. The molecule has 1 saturated heterocycles. The van der Waals surface area contributed by atoms with Crippen LogP contribution in [0.1, 0.15) is 40.5 Å². The van der Waals surface area contributed by atoms with Crippen molar-refractivity contribution in [2.24, 2.45) is 0 Å². The summed E-state index contributed by atoms with van der Waals surface area (Å²) < 4.78 is 0.741. The second-order valence-electron chi connectivity index (χ2n) is 7.41. The summed E-state index contributed by atoms with van der Waals surface area (Å²) in [4.78, 5) is 24.3. The van der Waals surface area contributed by atoms with Gasteiger partial charge in [0.1, 0.15) is 0 Å². The van der Waals surface area contributed by atoms with Crippen molar-refractivity contribution in [1.29, 1.82) is 0 Å². The molecular weight excluding hydrogens is 358 g/mol. The first-order valence-electron chi connectivity index (χ1n) is 7.74. The molecule has 5 nitrogen and oxygen atoms in total. The number of nitrogens with one attached hydrogen (secondary N) is 3. The lowest BCUT2D eigenvalue weighted by Gasteiger charge is -2.46. The third-order valence-electron chi connectivity index (χ3n) is 3.85. The number of halogens is 1. The van der Waals surface area contributed by atoms with Crippen LogP contribution in [0.5, 0.6) is 0 Å². The van der Waals surface area contributed by atoms with Crippen LogP contribution in [0.2, 0.25) is 0 Å². The van der Waals surface area contributed by atoms with Gasteiger partial charge in [0.15, 0.2) is 0 Å². The van der Waals surface area contributed by atoms with Crippen LogP contribution in [0.25, 0.3) is 0 Å². The zero-order valence-electron chi connectivity index (χ0n) is 14.0. The third-order valence-corrected chi connectivity index (χ3v) is 4.55. The number of hydrogen-bond donors (Lipinski definition) is 3. The minimum Gasteiger partial charge on any atom is -0.345 e. The highest BCUT2D eigenvalue weighted by Gasteiger charge is 2.38. The fourth-order valence-corrected chi connectivity index (χ4v) is 3.80. The molecule has 0 atom stereocenters. The lowest BCUT2D eigenvalue weighted by atomic mass is 9.79. The summed E-state index contributed by atoms with van der Waals surface area (Å²) in [6.45, 7) is 8.42. The highest BCUT2D eigenvalue weighted by Crippen LogP contribution is 2.28. The van der Waals surface area contributed by atoms with E-state index in [1.807, 2.05) is 12.1 Å². The second kappa shape index (κ2) is 6.61. The first-order chi connectivity index (χ1) is 10.6. The van der Waals surface area contributed by atoms with Crippen LogP contribution in [0, 0.1) is 0 Å². The molecular formula is C17H24BrN3O2. The van der Waals surface area contributed by atoms with Crippen LogP contribution in [-0.2, 0) is 9.59 Å². The Labute approximate surface area is 145 Å². The summed E-state index contributed by atoms with van der Waals surface area (Å²) in [5, 5.41) is 9.04. The maximum Gasteiger partial charge on any atom is 0.313 e. The molecule has 1 aromatic carbocycles. The molecule has 1 aliphatic rings. The smallest absolute Gasteiger partial charge is 0.313 e. The molecule has 0 aromatic heterocycles. The maximum atomic E-state index is 12.2. The van der Waals surface area contributed by atoms with Crippen molar-refractivity contribution in [3.63, 3.8) is 0 Å². The molecule has 0 aliphatic carbocycles. The highest BCUT2D eigenvalue weighted by atomic mass is 79.9. The van der Waals surface area contributed by atoms with Gasteiger partial charge in [0, 0.05) is 21.6 Å². The minimum absolute atomic E-state index is 0.0290. The van der Waals surface area contributed by atoms with Crippen molar-refractivity contribution in [1.82, 2.24) is 10.6 Å². The zero-order chi connectivity index (χ0) is 17.3. The van der Waals surface area contributed by atoms with Gasteiger partial charge >= 0.3 is 11.8 Å². The quantitative estimate of drug-likeness (QED) is 0.689. The van der Waals surface area contributed by atoms with Crippen molar-refractivity contribution in [3.05, 3.63) is 28.7 Å². The Kier molecular flexibility index (Phi) is 5.16. The normalized spacial score (nSPS) is 19.9. The molecule has 0 saturated carbocycles. The predicted octanol–water partition coefficient (Wildman–Crippen LogP) is 2.81. The van der Waals surface area contributed by atoms with Gasteiger partial charge in [0.25, 0.3) is 0 Å². The van der Waals surface area contributed by atoms with Crippen molar-refractivity contribution >= 4 is 33.4 Å². The first kappa shape index (κ1) is 17.9. The number of hydrogen-bond acceptors (Lipinski definition) is 3. The summed E-state index contributed by atoms with van der Waals surface area (Å²) in [6, 6.07) is 7.17. The molecule has 2 rings (SSSR count). The summed E-state index contributed by atoms with van der Waals surface area (Å²) >= 11 is 3.35. The van der Waals surface area contributed by atoms with E-state index in [-0.39, 0.29) is 17.1 Å². The topological polar surface area (TPSA) is 70.2 Å². The number of anilines is 1. The number of amides is 2. The molecule has 23 heavy (non-hydrogen) atoms. The summed E-state index contributed by atoms with van der Waals surface area (Å²) in [7, 11) is 0. The predicted molar refractivity (Wildman–Crippen MR) is 95.2 cm³/mol. The SMILES string of the molecule is CC1(C)CC(NC(=O)C(=O)Nc2ccccc2Br)CC(C)(C)N1. The van der Waals surface area contributed by atoms with Gasteiger partial charge in [-0.15, -0.1) is 0 Å². The van der Waals surface area contributed by atoms with Crippen LogP contribution in [0.15, 0.2) is 28.7 Å². The summed E-state index contributed by atoms with van der Waals surface area (Å²) in [5.41, 5.74) is 0.413. The molecule has 126 valence electrons. The van der Waals surface area contributed by atoms with Crippen LogP contribution in [0.4, 0.5) is 5.69 Å². The van der Waals surface area contributed by atoms with Crippen molar-refractivity contribution < 1.29 is 9.59 Å². The van der Waals surface area contributed by atoms with E-state index in [2.05, 4.69) is 59.6 Å². The van der Waals surface area contributed by atoms with Gasteiger partial charge < -0.3 is 16.0 Å². The Bertz CT molecular complexity index is 598. The molecule has 6 heteroatoms. The molecule has 1 heterocycles. The number of benzene rings is 1. The van der Waals surface area contributed by atoms with Crippen molar-refractivity contribution in [2.45, 2.75) is 57.7 Å². The van der Waals surface area contributed by atoms with Gasteiger partial charge in [-0.05, 0) is 68.6 Å². The first-order valence-corrected chi connectivity index (χ1v) is 8.53. The summed E-state index contributed by atoms with van der Waals surface area (Å²) in [6.07, 6.45) is 1.56. The molecule has 1 aromatic rings. The van der Waals surface area contributed by atoms with Gasteiger partial charge in [-0.1, -0.05) is 12.1 Å². The van der Waals surface area contributed by atoms with E-state index in [0.717, 1.165) is 17.3 Å². The average Bonchev–Trinajstić information content (AvgIpc) is 2.37. The van der Waals surface area contributed by atoms with Gasteiger partial charge in [-0.25, -0.2) is 0 Å². The van der Waals surface area contributed by atoms with Gasteiger partial charge in [0.05, 0.1) is 5.69 Å². The Hall–Kier alpha value is -1.40.